The maximum Gasteiger partial charge on any atom is 0.326 e. The lowest BCUT2D eigenvalue weighted by atomic mass is 10.1. The Bertz CT molecular complexity index is 549. The minimum atomic E-state index is -1.30. The highest BCUT2D eigenvalue weighted by Gasteiger charge is 2.22. The van der Waals surface area contributed by atoms with Crippen molar-refractivity contribution >= 4 is 45.4 Å². The molecule has 6 nitrogen and oxygen atoms in total. The van der Waals surface area contributed by atoms with Crippen molar-refractivity contribution in [2.45, 2.75) is 18.9 Å². The first kappa shape index (κ1) is 16.5. The van der Waals surface area contributed by atoms with Crippen LogP contribution in [-0.2, 0) is 9.59 Å². The zero-order valence-corrected chi connectivity index (χ0v) is 12.4. The van der Waals surface area contributed by atoms with Crippen LogP contribution in [-0.4, -0.2) is 34.1 Å². The number of hydrogen-bond donors (Lipinski definition) is 3. The summed E-state index contributed by atoms with van der Waals surface area (Å²) in [4.78, 5) is 33.4. The highest BCUT2D eigenvalue weighted by Crippen LogP contribution is 2.21. The normalized spacial score (nSPS) is 11.7. The van der Waals surface area contributed by atoms with Gasteiger partial charge in [0.05, 0.1) is 10.6 Å². The van der Waals surface area contributed by atoms with Gasteiger partial charge in [-0.25, -0.2) is 4.79 Å². The SMILES string of the molecule is O=C(O)CC[C@H](NC(=O)c1cc(Br)ccc1Cl)C(=O)O. The van der Waals surface area contributed by atoms with Gasteiger partial charge >= 0.3 is 11.9 Å². The lowest BCUT2D eigenvalue weighted by molar-refractivity contribution is -0.140. The Balaban J connectivity index is 2.82. The van der Waals surface area contributed by atoms with Gasteiger partial charge in [0.15, 0.2) is 0 Å². The van der Waals surface area contributed by atoms with Gasteiger partial charge in [-0.1, -0.05) is 27.5 Å². The molecule has 1 aromatic carbocycles. The van der Waals surface area contributed by atoms with Crippen molar-refractivity contribution in [1.29, 1.82) is 0 Å². The van der Waals surface area contributed by atoms with Crippen LogP contribution in [0.25, 0.3) is 0 Å². The maximum atomic E-state index is 12.0. The molecule has 0 bridgehead atoms. The van der Waals surface area contributed by atoms with E-state index in [0.29, 0.717) is 4.47 Å². The molecule has 1 aromatic rings. The third-order valence-corrected chi connectivity index (χ3v) is 3.25. The van der Waals surface area contributed by atoms with Crippen molar-refractivity contribution in [3.05, 3.63) is 33.3 Å². The van der Waals surface area contributed by atoms with Gasteiger partial charge in [0, 0.05) is 10.9 Å². The van der Waals surface area contributed by atoms with Gasteiger partial charge in [-0.3, -0.25) is 9.59 Å². The van der Waals surface area contributed by atoms with E-state index in [4.69, 9.17) is 21.8 Å². The average molecular weight is 365 g/mol. The van der Waals surface area contributed by atoms with Crippen LogP contribution in [0.1, 0.15) is 23.2 Å². The van der Waals surface area contributed by atoms with Crippen LogP contribution < -0.4 is 5.32 Å². The molecular formula is C12H11BrClNO5. The summed E-state index contributed by atoms with van der Waals surface area (Å²) in [6, 6.07) is 3.30. The van der Waals surface area contributed by atoms with Crippen LogP contribution in [0.2, 0.25) is 5.02 Å². The fourth-order valence-corrected chi connectivity index (χ4v) is 2.00. The van der Waals surface area contributed by atoms with Crippen LogP contribution in [0.5, 0.6) is 0 Å². The van der Waals surface area contributed by atoms with Crippen molar-refractivity contribution < 1.29 is 24.6 Å². The second-order valence-electron chi connectivity index (χ2n) is 3.92. The fraction of sp³-hybridized carbons (Fsp3) is 0.250. The highest BCUT2D eigenvalue weighted by molar-refractivity contribution is 9.10. The molecule has 1 amide bonds. The van der Waals surface area contributed by atoms with E-state index in [1.807, 2.05) is 0 Å². The summed E-state index contributed by atoms with van der Waals surface area (Å²) in [6.45, 7) is 0. The fourth-order valence-electron chi connectivity index (χ4n) is 1.43. The van der Waals surface area contributed by atoms with E-state index in [9.17, 15) is 14.4 Å². The first-order valence-electron chi connectivity index (χ1n) is 5.51. The number of carboxylic acids is 2. The number of hydrogen-bond acceptors (Lipinski definition) is 3. The van der Waals surface area contributed by atoms with Gasteiger partial charge in [0.25, 0.3) is 5.91 Å². The zero-order chi connectivity index (χ0) is 15.3. The molecule has 0 aliphatic heterocycles. The number of amides is 1. The molecule has 0 aromatic heterocycles. The molecule has 1 atom stereocenters. The Hall–Kier alpha value is -1.60. The smallest absolute Gasteiger partial charge is 0.326 e. The summed E-state index contributed by atoms with van der Waals surface area (Å²) in [5.41, 5.74) is 0.114. The Kier molecular flexibility index (Phi) is 5.97. The van der Waals surface area contributed by atoms with Crippen molar-refractivity contribution in [3.8, 4) is 0 Å². The van der Waals surface area contributed by atoms with Crippen molar-refractivity contribution in [2.75, 3.05) is 0 Å². The van der Waals surface area contributed by atoms with Crippen molar-refractivity contribution in [3.63, 3.8) is 0 Å². The quantitative estimate of drug-likeness (QED) is 0.717. The molecule has 0 aliphatic rings. The van der Waals surface area contributed by atoms with E-state index in [-0.39, 0.29) is 23.4 Å². The average Bonchev–Trinajstić information content (AvgIpc) is 2.36. The molecule has 0 saturated heterocycles. The summed E-state index contributed by atoms with van der Waals surface area (Å²) in [5.74, 6) is -3.11. The summed E-state index contributed by atoms with van der Waals surface area (Å²) in [7, 11) is 0. The zero-order valence-electron chi connectivity index (χ0n) is 10.1. The van der Waals surface area contributed by atoms with Crippen LogP contribution in [0.4, 0.5) is 0 Å². The Morgan fingerprint density at radius 2 is 1.95 bits per heavy atom. The number of carboxylic acid groups (broad SMARTS) is 2. The molecule has 0 radical (unpaired) electrons. The second kappa shape index (κ2) is 7.25. The maximum absolute atomic E-state index is 12.0. The van der Waals surface area contributed by atoms with Crippen molar-refractivity contribution in [1.82, 2.24) is 5.32 Å². The molecule has 20 heavy (non-hydrogen) atoms. The summed E-state index contributed by atoms with van der Waals surface area (Å²) in [6.07, 6.45) is -0.564. The van der Waals surface area contributed by atoms with Crippen LogP contribution in [0, 0.1) is 0 Å². The number of carbonyl (C=O) groups excluding carboxylic acids is 1. The number of nitrogens with one attached hydrogen (secondary N) is 1. The molecular weight excluding hydrogens is 353 g/mol. The largest absolute Gasteiger partial charge is 0.481 e. The van der Waals surface area contributed by atoms with Gasteiger partial charge in [-0.05, 0) is 24.6 Å². The van der Waals surface area contributed by atoms with E-state index >= 15 is 0 Å². The Morgan fingerprint density at radius 1 is 1.30 bits per heavy atom. The topological polar surface area (TPSA) is 104 Å². The third kappa shape index (κ3) is 4.82. The minimum absolute atomic E-state index is 0.114. The minimum Gasteiger partial charge on any atom is -0.481 e. The molecule has 0 aliphatic carbocycles. The molecule has 1 rings (SSSR count). The number of benzene rings is 1. The molecule has 0 heterocycles. The molecule has 0 saturated carbocycles. The molecule has 3 N–H and O–H groups in total. The lowest BCUT2D eigenvalue weighted by Crippen LogP contribution is -2.41. The van der Waals surface area contributed by atoms with E-state index in [0.717, 1.165) is 0 Å². The predicted octanol–water partition coefficient (Wildman–Crippen LogP) is 2.15. The van der Waals surface area contributed by atoms with Crippen LogP contribution in [0.3, 0.4) is 0 Å². The van der Waals surface area contributed by atoms with E-state index < -0.39 is 23.9 Å². The van der Waals surface area contributed by atoms with E-state index in [1.165, 1.54) is 12.1 Å². The summed E-state index contributed by atoms with van der Waals surface area (Å²) >= 11 is 9.04. The van der Waals surface area contributed by atoms with E-state index in [2.05, 4.69) is 21.2 Å². The van der Waals surface area contributed by atoms with Crippen LogP contribution in [0.15, 0.2) is 22.7 Å². The molecule has 0 spiro atoms. The summed E-state index contributed by atoms with van der Waals surface area (Å²) in [5, 5.41) is 19.9. The third-order valence-electron chi connectivity index (χ3n) is 2.42. The number of halogens is 2. The molecule has 0 unspecified atom stereocenters. The van der Waals surface area contributed by atoms with Crippen molar-refractivity contribution in [2.24, 2.45) is 0 Å². The van der Waals surface area contributed by atoms with Gasteiger partial charge in [0.2, 0.25) is 0 Å². The molecule has 108 valence electrons. The Morgan fingerprint density at radius 3 is 2.50 bits per heavy atom. The Labute approximate surface area is 127 Å². The van der Waals surface area contributed by atoms with Gasteiger partial charge in [-0.2, -0.15) is 0 Å². The first-order valence-corrected chi connectivity index (χ1v) is 6.69. The molecule has 0 fully saturated rings. The standard InChI is InChI=1S/C12H11BrClNO5/c13-6-1-2-8(14)7(5-6)11(18)15-9(12(19)20)3-4-10(16)17/h1-2,5,9H,3-4H2,(H,15,18)(H,16,17)(H,19,20)/t9-/m0/s1. The van der Waals surface area contributed by atoms with Gasteiger partial charge in [0.1, 0.15) is 6.04 Å². The van der Waals surface area contributed by atoms with Crippen LogP contribution >= 0.6 is 27.5 Å². The number of carbonyl (C=O) groups is 3. The summed E-state index contributed by atoms with van der Waals surface area (Å²) < 4.78 is 0.615. The molecule has 8 heteroatoms. The predicted molar refractivity (Wildman–Crippen MR) is 74.9 cm³/mol. The second-order valence-corrected chi connectivity index (χ2v) is 5.24. The monoisotopic (exact) mass is 363 g/mol. The van der Waals surface area contributed by atoms with Gasteiger partial charge < -0.3 is 15.5 Å². The lowest BCUT2D eigenvalue weighted by Gasteiger charge is -2.14. The number of aliphatic carboxylic acids is 2. The number of rotatable bonds is 6. The first-order chi connectivity index (χ1) is 9.31. The van der Waals surface area contributed by atoms with E-state index in [1.54, 1.807) is 6.07 Å². The van der Waals surface area contributed by atoms with Gasteiger partial charge in [-0.15, -0.1) is 0 Å². The highest BCUT2D eigenvalue weighted by atomic mass is 79.9.